The van der Waals surface area contributed by atoms with E-state index in [2.05, 4.69) is 5.73 Å². The van der Waals surface area contributed by atoms with Crippen molar-refractivity contribution < 1.29 is 10.8 Å². The zero-order valence-electron chi connectivity index (χ0n) is 6.70. The molecule has 0 aromatic heterocycles. The summed E-state index contributed by atoms with van der Waals surface area (Å²) in [6.07, 6.45) is -0.434. The molecule has 2 heteroatoms. The van der Waals surface area contributed by atoms with Crippen LogP contribution >= 0.6 is 0 Å². The molecule has 2 nitrogen and oxygen atoms in total. The molecule has 11 heavy (non-hydrogen) atoms. The van der Waals surface area contributed by atoms with E-state index in [9.17, 15) is 5.11 Å². The van der Waals surface area contributed by atoms with Crippen LogP contribution in [0.15, 0.2) is 30.3 Å². The average Bonchev–Trinajstić information content (AvgIpc) is 2.05. The maximum Gasteiger partial charge on any atom is 0.130 e. The van der Waals surface area contributed by atoms with Gasteiger partial charge in [-0.2, -0.15) is 0 Å². The van der Waals surface area contributed by atoms with Crippen LogP contribution in [0.1, 0.15) is 18.6 Å². The fourth-order valence-corrected chi connectivity index (χ4v) is 0.979. The summed E-state index contributed by atoms with van der Waals surface area (Å²) < 4.78 is 0. The van der Waals surface area contributed by atoms with Gasteiger partial charge >= 0.3 is 0 Å². The Balaban J connectivity index is 2.77. The van der Waals surface area contributed by atoms with Crippen molar-refractivity contribution in [3.63, 3.8) is 0 Å². The average molecular weight is 152 g/mol. The second kappa shape index (κ2) is 3.51. The second-order valence-electron chi connectivity index (χ2n) is 2.83. The third-order valence-corrected chi connectivity index (χ3v) is 1.68. The molecule has 0 heterocycles. The van der Waals surface area contributed by atoms with Gasteiger partial charge in [-0.1, -0.05) is 30.3 Å². The molecule has 60 valence electrons. The number of aliphatic hydroxyl groups excluding tert-OH is 1. The van der Waals surface area contributed by atoms with Crippen LogP contribution in [0.4, 0.5) is 0 Å². The monoisotopic (exact) mass is 152 g/mol. The van der Waals surface area contributed by atoms with Gasteiger partial charge in [0.15, 0.2) is 0 Å². The number of aliphatic hydroxyl groups is 1. The first kappa shape index (κ1) is 8.24. The van der Waals surface area contributed by atoms with E-state index in [1.54, 1.807) is 0 Å². The SMILES string of the molecule is C[C@H]([NH3+])[C@H](O)c1ccccc1. The molecule has 0 radical (unpaired) electrons. The van der Waals surface area contributed by atoms with Crippen molar-refractivity contribution in [1.82, 2.24) is 0 Å². The van der Waals surface area contributed by atoms with Crippen LogP contribution in [0, 0.1) is 0 Å². The normalized spacial score (nSPS) is 15.9. The Kier molecular flexibility index (Phi) is 2.63. The Morgan fingerprint density at radius 2 is 1.82 bits per heavy atom. The summed E-state index contributed by atoms with van der Waals surface area (Å²) in [5.74, 6) is 0. The van der Waals surface area contributed by atoms with Gasteiger partial charge in [-0.05, 0) is 12.5 Å². The molecule has 0 spiro atoms. The zero-order valence-corrected chi connectivity index (χ0v) is 6.70. The lowest BCUT2D eigenvalue weighted by Crippen LogP contribution is -2.61. The third kappa shape index (κ3) is 2.03. The van der Waals surface area contributed by atoms with E-state index in [-0.39, 0.29) is 6.04 Å². The Morgan fingerprint density at radius 3 is 2.27 bits per heavy atom. The van der Waals surface area contributed by atoms with Gasteiger partial charge in [-0.25, -0.2) is 0 Å². The van der Waals surface area contributed by atoms with E-state index < -0.39 is 6.10 Å². The first-order chi connectivity index (χ1) is 5.22. The zero-order chi connectivity index (χ0) is 8.27. The molecule has 0 saturated carbocycles. The summed E-state index contributed by atoms with van der Waals surface area (Å²) in [4.78, 5) is 0. The number of hydrogen-bond donors (Lipinski definition) is 2. The highest BCUT2D eigenvalue weighted by molar-refractivity contribution is 5.17. The van der Waals surface area contributed by atoms with Crippen LogP contribution in [0.5, 0.6) is 0 Å². The van der Waals surface area contributed by atoms with Crippen molar-refractivity contribution in [2.45, 2.75) is 19.1 Å². The standard InChI is InChI=1S/C9H13NO/c1-7(10)9(11)8-5-3-2-4-6-8/h2-7,9,11H,10H2,1H3/p+1/t7-,9-/m0/s1. The molecule has 0 amide bonds. The van der Waals surface area contributed by atoms with Crippen LogP contribution in [-0.2, 0) is 0 Å². The van der Waals surface area contributed by atoms with Crippen molar-refractivity contribution in [2.75, 3.05) is 0 Å². The maximum absolute atomic E-state index is 9.54. The van der Waals surface area contributed by atoms with Gasteiger partial charge in [-0.15, -0.1) is 0 Å². The van der Waals surface area contributed by atoms with Gasteiger partial charge in [0, 0.05) is 0 Å². The van der Waals surface area contributed by atoms with Crippen molar-refractivity contribution in [3.05, 3.63) is 35.9 Å². The van der Waals surface area contributed by atoms with Gasteiger partial charge in [-0.3, -0.25) is 0 Å². The maximum atomic E-state index is 9.54. The lowest BCUT2D eigenvalue weighted by atomic mass is 10.0. The van der Waals surface area contributed by atoms with E-state index >= 15 is 0 Å². The van der Waals surface area contributed by atoms with E-state index in [1.165, 1.54) is 0 Å². The summed E-state index contributed by atoms with van der Waals surface area (Å²) in [7, 11) is 0. The van der Waals surface area contributed by atoms with Gasteiger partial charge in [0.2, 0.25) is 0 Å². The summed E-state index contributed by atoms with van der Waals surface area (Å²) in [5, 5.41) is 9.54. The smallest absolute Gasteiger partial charge is 0.130 e. The second-order valence-corrected chi connectivity index (χ2v) is 2.83. The van der Waals surface area contributed by atoms with Crippen LogP contribution < -0.4 is 5.73 Å². The molecular formula is C9H14NO+. The van der Waals surface area contributed by atoms with E-state index in [4.69, 9.17) is 0 Å². The van der Waals surface area contributed by atoms with Gasteiger partial charge < -0.3 is 10.8 Å². The van der Waals surface area contributed by atoms with Crippen LogP contribution in [-0.4, -0.2) is 11.1 Å². The fourth-order valence-electron chi connectivity index (χ4n) is 0.979. The molecule has 1 aromatic carbocycles. The summed E-state index contributed by atoms with van der Waals surface area (Å²) in [6.45, 7) is 1.90. The van der Waals surface area contributed by atoms with Crippen molar-refractivity contribution in [2.24, 2.45) is 0 Å². The van der Waals surface area contributed by atoms with Crippen molar-refractivity contribution in [3.8, 4) is 0 Å². The largest absolute Gasteiger partial charge is 0.382 e. The third-order valence-electron chi connectivity index (χ3n) is 1.68. The highest BCUT2D eigenvalue weighted by Crippen LogP contribution is 2.12. The molecule has 1 aromatic rings. The fraction of sp³-hybridized carbons (Fsp3) is 0.333. The molecule has 0 unspecified atom stereocenters. The molecular weight excluding hydrogens is 138 g/mol. The topological polar surface area (TPSA) is 47.9 Å². The molecule has 4 N–H and O–H groups in total. The first-order valence-electron chi connectivity index (χ1n) is 3.78. The molecule has 0 aliphatic carbocycles. The minimum atomic E-state index is -0.434. The Labute approximate surface area is 66.7 Å². The highest BCUT2D eigenvalue weighted by atomic mass is 16.3. The molecule has 0 aliphatic heterocycles. The first-order valence-corrected chi connectivity index (χ1v) is 3.78. The molecule has 0 fully saturated rings. The summed E-state index contributed by atoms with van der Waals surface area (Å²) >= 11 is 0. The molecule has 0 saturated heterocycles. The van der Waals surface area contributed by atoms with E-state index in [1.807, 2.05) is 37.3 Å². The van der Waals surface area contributed by atoms with Crippen molar-refractivity contribution >= 4 is 0 Å². The van der Waals surface area contributed by atoms with Gasteiger partial charge in [0.1, 0.15) is 12.1 Å². The number of hydrogen-bond acceptors (Lipinski definition) is 1. The molecule has 2 atom stereocenters. The molecule has 0 bridgehead atoms. The highest BCUT2D eigenvalue weighted by Gasteiger charge is 2.13. The lowest BCUT2D eigenvalue weighted by Gasteiger charge is -2.11. The minimum Gasteiger partial charge on any atom is -0.382 e. The van der Waals surface area contributed by atoms with Gasteiger partial charge in [0.25, 0.3) is 0 Å². The predicted octanol–water partition coefficient (Wildman–Crippen LogP) is 0.350. The van der Waals surface area contributed by atoms with E-state index in [0.29, 0.717) is 0 Å². The Bertz CT molecular complexity index is 208. The van der Waals surface area contributed by atoms with Crippen LogP contribution in [0.25, 0.3) is 0 Å². The number of benzene rings is 1. The van der Waals surface area contributed by atoms with Crippen molar-refractivity contribution in [1.29, 1.82) is 0 Å². The molecule has 0 aliphatic rings. The number of rotatable bonds is 2. The summed E-state index contributed by atoms with van der Waals surface area (Å²) in [6, 6.07) is 9.63. The van der Waals surface area contributed by atoms with Crippen LogP contribution in [0.3, 0.4) is 0 Å². The van der Waals surface area contributed by atoms with Gasteiger partial charge in [0.05, 0.1) is 0 Å². The lowest BCUT2D eigenvalue weighted by molar-refractivity contribution is -0.433. The predicted molar refractivity (Wildman–Crippen MR) is 43.8 cm³/mol. The molecule has 1 rings (SSSR count). The number of quaternary nitrogens is 1. The van der Waals surface area contributed by atoms with Crippen LogP contribution in [0.2, 0.25) is 0 Å². The Hall–Kier alpha value is -0.860. The minimum absolute atomic E-state index is 0.0393. The summed E-state index contributed by atoms with van der Waals surface area (Å²) in [5.41, 5.74) is 4.70. The Morgan fingerprint density at radius 1 is 1.27 bits per heavy atom. The quantitative estimate of drug-likeness (QED) is 0.631. The van der Waals surface area contributed by atoms with E-state index in [0.717, 1.165) is 5.56 Å².